The highest BCUT2D eigenvalue weighted by atomic mass is 79.9. The van der Waals surface area contributed by atoms with Crippen LogP contribution in [0.1, 0.15) is 40.3 Å². The van der Waals surface area contributed by atoms with E-state index in [0.717, 1.165) is 34.7 Å². The molecular weight excluding hydrogens is 702 g/mol. The molecule has 0 aliphatic rings. The van der Waals surface area contributed by atoms with Gasteiger partial charge in [-0.3, -0.25) is 14.3 Å². The van der Waals surface area contributed by atoms with Crippen LogP contribution in [0.25, 0.3) is 11.1 Å². The van der Waals surface area contributed by atoms with Crippen LogP contribution in [-0.2, 0) is 34.9 Å². The summed E-state index contributed by atoms with van der Waals surface area (Å²) in [5.74, 6) is 2.24. The van der Waals surface area contributed by atoms with E-state index in [9.17, 15) is 28.1 Å². The molecule has 0 aliphatic carbocycles. The Bertz CT molecular complexity index is 2020. The first-order chi connectivity index (χ1) is 22.8. The topological polar surface area (TPSA) is 159 Å². The van der Waals surface area contributed by atoms with Gasteiger partial charge < -0.3 is 19.3 Å². The van der Waals surface area contributed by atoms with Crippen molar-refractivity contribution in [2.24, 2.45) is 0 Å². The van der Waals surface area contributed by atoms with Crippen LogP contribution in [0.2, 0.25) is 0 Å². The molecule has 1 heterocycles. The van der Waals surface area contributed by atoms with E-state index < -0.39 is 28.9 Å². The Labute approximate surface area is 287 Å². The van der Waals surface area contributed by atoms with E-state index >= 15 is 0 Å². The normalized spacial score (nSPS) is 11.8. The van der Waals surface area contributed by atoms with Gasteiger partial charge in [-0.2, -0.15) is 18.0 Å². The van der Waals surface area contributed by atoms with Crippen molar-refractivity contribution in [1.82, 2.24) is 9.29 Å². The molecule has 1 aromatic heterocycles. The molecule has 3 aromatic carbocycles. The van der Waals surface area contributed by atoms with Gasteiger partial charge in [-0.05, 0) is 82.7 Å². The number of hydrogen-bond acceptors (Lipinski definition) is 8. The lowest BCUT2D eigenvalue weighted by molar-refractivity contribution is -0.141. The molecule has 11 nitrogen and oxygen atoms in total. The van der Waals surface area contributed by atoms with E-state index in [1.54, 1.807) is 12.1 Å². The molecule has 248 valence electrons. The molecule has 0 unspecified atom stereocenters. The summed E-state index contributed by atoms with van der Waals surface area (Å²) in [7, 11) is -4.92. The number of terminal acetylenes is 1. The number of benzene rings is 3. The summed E-state index contributed by atoms with van der Waals surface area (Å²) < 4.78 is 53.1. The average Bonchev–Trinajstić information content (AvgIpc) is 3.05. The van der Waals surface area contributed by atoms with Crippen LogP contribution in [0.3, 0.4) is 0 Å². The number of nitrogens with zero attached hydrogens (tertiary/aromatic N) is 3. The molecule has 2 N–H and O–H groups in total. The smallest absolute Gasteiger partial charge is 0.337 e. The van der Waals surface area contributed by atoms with Crippen LogP contribution < -0.4 is 14.2 Å². The molecule has 0 spiro atoms. The zero-order chi connectivity index (χ0) is 35.0. The molecule has 0 aliphatic heterocycles. The Morgan fingerprint density at radius 1 is 0.979 bits per heavy atom. The van der Waals surface area contributed by atoms with Gasteiger partial charge in [-0.1, -0.05) is 36.3 Å². The van der Waals surface area contributed by atoms with Crippen LogP contribution in [-0.4, -0.2) is 46.0 Å². The third kappa shape index (κ3) is 8.70. The molecule has 0 bridgehead atoms. The maximum atomic E-state index is 12.2. The third-order valence-corrected chi connectivity index (χ3v) is 9.22. The van der Waals surface area contributed by atoms with E-state index in [-0.39, 0.29) is 31.1 Å². The minimum atomic E-state index is -4.92. The predicted octanol–water partition coefficient (Wildman–Crippen LogP) is 6.25. The van der Waals surface area contributed by atoms with Gasteiger partial charge in [-0.15, -0.1) is 6.42 Å². The fourth-order valence-corrected chi connectivity index (χ4v) is 6.21. The number of halogens is 1. The van der Waals surface area contributed by atoms with Crippen molar-refractivity contribution in [3.8, 4) is 46.8 Å². The van der Waals surface area contributed by atoms with Crippen molar-refractivity contribution in [1.29, 1.82) is 5.26 Å². The zero-order valence-corrected chi connectivity index (χ0v) is 28.7. The molecule has 4 rings (SSSR count). The van der Waals surface area contributed by atoms with Crippen LogP contribution in [0.5, 0.6) is 17.2 Å². The van der Waals surface area contributed by atoms with Crippen molar-refractivity contribution in [2.75, 3.05) is 6.61 Å². The van der Waals surface area contributed by atoms with Crippen LogP contribution in [0.4, 0.5) is 0 Å². The van der Waals surface area contributed by atoms with Crippen molar-refractivity contribution >= 4 is 32.2 Å². The summed E-state index contributed by atoms with van der Waals surface area (Å²) in [6, 6.07) is 16.8. The van der Waals surface area contributed by atoms with E-state index in [1.165, 1.54) is 18.5 Å². The SMILES string of the molecule is C#CCOc1cccc(-c2cccc(COc3cc(OCc4cncc(C#N)c4)c(CN([C@@H](C)C(=O)O)S(=O)(=O)O)cc3Br)c2C)c1C. The van der Waals surface area contributed by atoms with E-state index in [4.69, 9.17) is 20.6 Å². The molecule has 0 amide bonds. The summed E-state index contributed by atoms with van der Waals surface area (Å²) in [6.07, 6.45) is 8.29. The molecular formula is C35H32BrN3O8S. The Kier molecular flexibility index (Phi) is 11.8. The van der Waals surface area contributed by atoms with Crippen molar-refractivity contribution < 1.29 is 37.1 Å². The number of carboxylic acids is 1. The van der Waals surface area contributed by atoms with Gasteiger partial charge in [0.05, 0.1) is 10.0 Å². The average molecular weight is 735 g/mol. The van der Waals surface area contributed by atoms with Crippen molar-refractivity contribution in [3.63, 3.8) is 0 Å². The minimum absolute atomic E-state index is 0.0540. The van der Waals surface area contributed by atoms with Gasteiger partial charge in [0.1, 0.15) is 49.2 Å². The van der Waals surface area contributed by atoms with Crippen LogP contribution in [0.15, 0.2) is 71.5 Å². The fourth-order valence-electron chi connectivity index (χ4n) is 4.91. The van der Waals surface area contributed by atoms with Gasteiger partial charge in [0.25, 0.3) is 0 Å². The van der Waals surface area contributed by atoms with Gasteiger partial charge in [0, 0.05) is 36.1 Å². The van der Waals surface area contributed by atoms with Gasteiger partial charge >= 0.3 is 16.3 Å². The first kappa shape index (κ1) is 35.9. The number of carboxylic acid groups (broad SMARTS) is 1. The highest BCUT2D eigenvalue weighted by molar-refractivity contribution is 9.10. The van der Waals surface area contributed by atoms with E-state index in [2.05, 4.69) is 26.8 Å². The minimum Gasteiger partial charge on any atom is -0.488 e. The molecule has 4 aromatic rings. The number of carbonyl (C=O) groups is 1. The Hall–Kier alpha value is -4.92. The zero-order valence-electron chi connectivity index (χ0n) is 26.3. The monoisotopic (exact) mass is 733 g/mol. The Balaban J connectivity index is 1.67. The first-order valence-electron chi connectivity index (χ1n) is 14.5. The highest BCUT2D eigenvalue weighted by Crippen LogP contribution is 2.37. The fraction of sp³-hybridized carbons (Fsp3) is 0.229. The molecule has 13 heteroatoms. The van der Waals surface area contributed by atoms with Crippen molar-refractivity contribution in [2.45, 2.75) is 46.6 Å². The predicted molar refractivity (Wildman–Crippen MR) is 182 cm³/mol. The molecule has 0 radical (unpaired) electrons. The van der Waals surface area contributed by atoms with E-state index in [1.807, 2.05) is 56.3 Å². The molecule has 0 saturated heterocycles. The lowest BCUT2D eigenvalue weighted by Crippen LogP contribution is -2.42. The quantitative estimate of drug-likeness (QED) is 0.112. The number of hydrogen-bond donors (Lipinski definition) is 2. The number of pyridine rings is 1. The second kappa shape index (κ2) is 15.8. The number of nitriles is 1. The molecule has 48 heavy (non-hydrogen) atoms. The summed E-state index contributed by atoms with van der Waals surface area (Å²) in [4.78, 5) is 15.7. The second-order valence-corrected chi connectivity index (χ2v) is 12.9. The highest BCUT2D eigenvalue weighted by Gasteiger charge is 2.31. The first-order valence-corrected chi connectivity index (χ1v) is 16.7. The summed E-state index contributed by atoms with van der Waals surface area (Å²) in [5, 5.41) is 18.7. The maximum Gasteiger partial charge on any atom is 0.337 e. The van der Waals surface area contributed by atoms with Crippen molar-refractivity contribution in [3.05, 3.63) is 105 Å². The summed E-state index contributed by atoms with van der Waals surface area (Å²) >= 11 is 3.48. The standard InChI is InChI=1S/C35H32BrN3O8S/c1-5-12-45-32-11-7-10-30(23(32)3)29-9-6-8-27(22(29)2)21-47-34-15-33(46-20-26-13-25(16-37)17-38-18-26)28(14-31(34)36)19-39(48(42,43)44)24(4)35(40)41/h1,6-11,13-15,17-18,24H,12,19-21H2,2-4H3,(H,40,41)(H,42,43,44)/t24-/m0/s1. The third-order valence-electron chi connectivity index (χ3n) is 7.56. The summed E-state index contributed by atoms with van der Waals surface area (Å²) in [6.45, 7) is 4.84. The Morgan fingerprint density at radius 2 is 1.67 bits per heavy atom. The van der Waals surface area contributed by atoms with Gasteiger partial charge in [0.2, 0.25) is 0 Å². The number of rotatable bonds is 14. The lowest BCUT2D eigenvalue weighted by Gasteiger charge is -2.24. The number of ether oxygens (including phenoxy) is 3. The molecule has 0 fully saturated rings. The Morgan fingerprint density at radius 3 is 2.33 bits per heavy atom. The number of aromatic nitrogens is 1. The largest absolute Gasteiger partial charge is 0.488 e. The lowest BCUT2D eigenvalue weighted by atomic mass is 9.93. The second-order valence-electron chi connectivity index (χ2n) is 10.7. The van der Waals surface area contributed by atoms with E-state index in [0.29, 0.717) is 31.4 Å². The van der Waals surface area contributed by atoms with Gasteiger partial charge in [-0.25, -0.2) is 0 Å². The number of aliphatic carboxylic acids is 1. The molecule has 1 atom stereocenters. The molecule has 0 saturated carbocycles. The van der Waals surface area contributed by atoms with Gasteiger partial charge in [0.15, 0.2) is 0 Å². The maximum absolute atomic E-state index is 12.2. The summed E-state index contributed by atoms with van der Waals surface area (Å²) in [5.41, 5.74) is 5.92. The van der Waals surface area contributed by atoms with Crippen LogP contribution >= 0.6 is 15.9 Å². The van der Waals surface area contributed by atoms with Crippen LogP contribution in [0, 0.1) is 37.5 Å².